The van der Waals surface area contributed by atoms with Gasteiger partial charge in [0.2, 0.25) is 5.91 Å². The Morgan fingerprint density at radius 3 is 1.92 bits per heavy atom. The smallest absolute Gasteiger partial charge is 0.318 e. The van der Waals surface area contributed by atoms with Crippen molar-refractivity contribution in [2.45, 2.75) is 37.4 Å². The van der Waals surface area contributed by atoms with Crippen LogP contribution in [0.5, 0.6) is 11.5 Å². The third-order valence-corrected chi connectivity index (χ3v) is 5.79. The van der Waals surface area contributed by atoms with E-state index in [0.29, 0.717) is 12.8 Å². The van der Waals surface area contributed by atoms with Crippen molar-refractivity contribution in [1.82, 2.24) is 5.32 Å². The van der Waals surface area contributed by atoms with Gasteiger partial charge in [0, 0.05) is 6.42 Å². The van der Waals surface area contributed by atoms with Gasteiger partial charge in [0.15, 0.2) is 0 Å². The number of carbonyl (C=O) groups excluding carboxylic acids is 2. The summed E-state index contributed by atoms with van der Waals surface area (Å²) in [5.41, 5.74) is 7.35. The van der Waals surface area contributed by atoms with Gasteiger partial charge in [-0.3, -0.25) is 10.1 Å². The van der Waals surface area contributed by atoms with E-state index in [1.807, 2.05) is 43.4 Å². The van der Waals surface area contributed by atoms with Crippen LogP contribution in [0.2, 0.25) is 0 Å². The van der Waals surface area contributed by atoms with E-state index in [0.717, 1.165) is 17.9 Å². The summed E-state index contributed by atoms with van der Waals surface area (Å²) < 4.78 is 5.11. The fourth-order valence-corrected chi connectivity index (χ4v) is 2.72. The molecule has 0 unspecified atom stereocenters. The first-order valence-corrected chi connectivity index (χ1v) is 9.32. The summed E-state index contributed by atoms with van der Waals surface area (Å²) in [6, 6.07) is 15.6. The van der Waals surface area contributed by atoms with Gasteiger partial charge in [0.1, 0.15) is 15.8 Å². The average Bonchev–Trinajstić information content (AvgIpc) is 2.65. The van der Waals surface area contributed by atoms with Crippen molar-refractivity contribution in [3.05, 3.63) is 59.7 Å². The van der Waals surface area contributed by atoms with Crippen LogP contribution in [0.4, 0.5) is 4.79 Å². The van der Waals surface area contributed by atoms with Crippen LogP contribution in [0.1, 0.15) is 37.8 Å². The Bertz CT molecular complexity index is 701. The number of imide groups is 1. The summed E-state index contributed by atoms with van der Waals surface area (Å²) in [5.74, 6) is 1.61. The molecule has 3 rings (SSSR count). The molecule has 0 atom stereocenters. The Hall–Kier alpha value is -2.34. The molecule has 0 fully saturated rings. The molecular formula is C20H23BrN2O3. The molecule has 6 heteroatoms. The summed E-state index contributed by atoms with van der Waals surface area (Å²) in [6.45, 7) is 3.72. The topological polar surface area (TPSA) is 81.4 Å². The van der Waals surface area contributed by atoms with Crippen LogP contribution in [0, 0.1) is 0 Å². The number of benzene rings is 2. The van der Waals surface area contributed by atoms with E-state index in [1.165, 1.54) is 11.1 Å². The number of urea groups is 1. The second kappa shape index (κ2) is 8.85. The highest BCUT2D eigenvalue weighted by molar-refractivity contribution is 9.10. The largest absolute Gasteiger partial charge is 0.457 e. The van der Waals surface area contributed by atoms with E-state index >= 15 is 0 Å². The Kier molecular flexibility index (Phi) is 6.80. The van der Waals surface area contributed by atoms with Gasteiger partial charge in [-0.15, -0.1) is 0 Å². The number of rotatable bonds is 3. The van der Waals surface area contributed by atoms with E-state index in [9.17, 15) is 9.59 Å². The summed E-state index contributed by atoms with van der Waals surface area (Å²) in [4.78, 5) is 21.6. The standard InChI is InChI=1S/C13H10O.C7H13BrN2O2/c1-3-7-12-10(5-1)9-11-6-2-4-8-13(11)14-12;1-3-7(8,4-2)5(11)10-6(9)12/h1-8H,9H2;3-4H2,1-2H3,(H3,9,10,11,12). The summed E-state index contributed by atoms with van der Waals surface area (Å²) in [7, 11) is 0. The second-order valence-corrected chi connectivity index (χ2v) is 7.50. The number of ether oxygens (including phenoxy) is 1. The number of carbonyl (C=O) groups is 2. The van der Waals surface area contributed by atoms with Gasteiger partial charge in [-0.2, -0.15) is 0 Å². The zero-order chi connectivity index (χ0) is 19.2. The third kappa shape index (κ3) is 4.85. The zero-order valence-electron chi connectivity index (χ0n) is 14.9. The molecule has 0 aromatic heterocycles. The number of alkyl halides is 1. The molecule has 2 aromatic rings. The molecule has 0 saturated heterocycles. The van der Waals surface area contributed by atoms with Gasteiger partial charge in [-0.25, -0.2) is 4.79 Å². The quantitative estimate of drug-likeness (QED) is 0.613. The van der Waals surface area contributed by atoms with Crippen molar-refractivity contribution < 1.29 is 14.3 Å². The molecule has 3 N–H and O–H groups in total. The summed E-state index contributed by atoms with van der Waals surface area (Å²) >= 11 is 3.26. The minimum absolute atomic E-state index is 0.375. The second-order valence-electron chi connectivity index (χ2n) is 5.99. The molecule has 5 nitrogen and oxygen atoms in total. The highest BCUT2D eigenvalue weighted by Gasteiger charge is 2.32. The van der Waals surface area contributed by atoms with Crippen LogP contribution < -0.4 is 15.8 Å². The number of nitrogens with two attached hydrogens (primary N) is 1. The van der Waals surface area contributed by atoms with Crippen LogP contribution in [0.25, 0.3) is 0 Å². The first-order valence-electron chi connectivity index (χ1n) is 8.53. The highest BCUT2D eigenvalue weighted by Crippen LogP contribution is 2.35. The molecule has 1 heterocycles. The molecule has 138 valence electrons. The zero-order valence-corrected chi connectivity index (χ0v) is 16.5. The van der Waals surface area contributed by atoms with E-state index in [4.69, 9.17) is 10.5 Å². The van der Waals surface area contributed by atoms with Gasteiger partial charge in [-0.05, 0) is 36.1 Å². The first-order chi connectivity index (χ1) is 12.4. The van der Waals surface area contributed by atoms with Gasteiger partial charge >= 0.3 is 6.03 Å². The number of primary amides is 1. The number of halogens is 1. The Balaban J connectivity index is 0.000000191. The van der Waals surface area contributed by atoms with E-state index in [2.05, 4.69) is 40.2 Å². The Labute approximate surface area is 162 Å². The summed E-state index contributed by atoms with van der Waals surface area (Å²) in [5, 5.41) is 2.04. The van der Waals surface area contributed by atoms with Crippen molar-refractivity contribution in [3.63, 3.8) is 0 Å². The van der Waals surface area contributed by atoms with Crippen LogP contribution >= 0.6 is 15.9 Å². The van der Waals surface area contributed by atoms with Gasteiger partial charge in [-0.1, -0.05) is 66.2 Å². The lowest BCUT2D eigenvalue weighted by molar-refractivity contribution is -0.122. The fraction of sp³-hybridized carbons (Fsp3) is 0.300. The van der Waals surface area contributed by atoms with Crippen molar-refractivity contribution in [1.29, 1.82) is 0 Å². The van der Waals surface area contributed by atoms with Crippen molar-refractivity contribution in [3.8, 4) is 11.5 Å². The average molecular weight is 419 g/mol. The number of amides is 3. The molecule has 0 bridgehead atoms. The van der Waals surface area contributed by atoms with E-state index in [-0.39, 0.29) is 5.91 Å². The molecule has 0 radical (unpaired) electrons. The number of nitrogens with one attached hydrogen (secondary N) is 1. The fourth-order valence-electron chi connectivity index (χ4n) is 2.62. The maximum atomic E-state index is 11.3. The maximum absolute atomic E-state index is 11.3. The van der Waals surface area contributed by atoms with Gasteiger partial charge in [0.25, 0.3) is 0 Å². The lowest BCUT2D eigenvalue weighted by Crippen LogP contribution is -2.46. The molecule has 0 saturated carbocycles. The molecule has 1 aliphatic rings. The lowest BCUT2D eigenvalue weighted by Gasteiger charge is -2.21. The minimum Gasteiger partial charge on any atom is -0.457 e. The number of fused-ring (bicyclic) bond motifs is 2. The molecule has 0 aliphatic carbocycles. The predicted molar refractivity (Wildman–Crippen MR) is 106 cm³/mol. The number of hydrogen-bond acceptors (Lipinski definition) is 3. The van der Waals surface area contributed by atoms with Crippen LogP contribution in [-0.4, -0.2) is 16.3 Å². The monoisotopic (exact) mass is 418 g/mol. The minimum atomic E-state index is -0.814. The van der Waals surface area contributed by atoms with Crippen LogP contribution in [-0.2, 0) is 11.2 Å². The molecule has 2 aromatic carbocycles. The highest BCUT2D eigenvalue weighted by atomic mass is 79.9. The van der Waals surface area contributed by atoms with Crippen molar-refractivity contribution in [2.24, 2.45) is 5.73 Å². The van der Waals surface area contributed by atoms with Crippen LogP contribution in [0.3, 0.4) is 0 Å². The first kappa shape index (κ1) is 20.0. The summed E-state index contributed by atoms with van der Waals surface area (Å²) in [6.07, 6.45) is 2.21. The molecule has 0 spiro atoms. The van der Waals surface area contributed by atoms with Gasteiger partial charge < -0.3 is 10.5 Å². The normalized spacial score (nSPS) is 11.8. The van der Waals surface area contributed by atoms with E-state index < -0.39 is 10.4 Å². The molecular weight excluding hydrogens is 396 g/mol. The lowest BCUT2D eigenvalue weighted by atomic mass is 10.0. The van der Waals surface area contributed by atoms with Crippen LogP contribution in [0.15, 0.2) is 48.5 Å². The maximum Gasteiger partial charge on any atom is 0.318 e. The Morgan fingerprint density at radius 1 is 1.04 bits per heavy atom. The molecule has 3 amide bonds. The SMILES string of the molecule is CCC(Br)(CC)C(=O)NC(N)=O.c1ccc2c(c1)Cc1ccccc1O2. The van der Waals surface area contributed by atoms with E-state index in [1.54, 1.807) is 0 Å². The Morgan fingerprint density at radius 2 is 1.50 bits per heavy atom. The third-order valence-electron chi connectivity index (χ3n) is 4.31. The predicted octanol–water partition coefficient (Wildman–Crippen LogP) is 4.52. The van der Waals surface area contributed by atoms with Crippen molar-refractivity contribution >= 4 is 27.9 Å². The number of hydrogen-bond donors (Lipinski definition) is 2. The van der Waals surface area contributed by atoms with Gasteiger partial charge in [0.05, 0.1) is 0 Å². The molecule has 1 aliphatic heterocycles. The van der Waals surface area contributed by atoms with Crippen molar-refractivity contribution in [2.75, 3.05) is 0 Å². The number of para-hydroxylation sites is 2. The molecule has 26 heavy (non-hydrogen) atoms.